The van der Waals surface area contributed by atoms with Gasteiger partial charge in [0.15, 0.2) is 6.29 Å². The molecule has 3 N–H and O–H groups in total. The maximum Gasteiger partial charge on any atom is 0.240 e. The predicted molar refractivity (Wildman–Crippen MR) is 214 cm³/mol. The highest BCUT2D eigenvalue weighted by Crippen LogP contribution is 2.42. The Morgan fingerprint density at radius 1 is 0.800 bits per heavy atom. The number of nitrogens with zero attached hydrogens (tertiary/aromatic N) is 1. The van der Waals surface area contributed by atoms with Crippen molar-refractivity contribution in [2.75, 3.05) is 6.54 Å². The van der Waals surface area contributed by atoms with Gasteiger partial charge in [-0.2, -0.15) is 0 Å². The van der Waals surface area contributed by atoms with E-state index in [-0.39, 0.29) is 47.7 Å². The summed E-state index contributed by atoms with van der Waals surface area (Å²) in [6, 6.07) is 32.5. The van der Waals surface area contributed by atoms with Gasteiger partial charge >= 0.3 is 0 Å². The molecule has 55 heavy (non-hydrogen) atoms. The van der Waals surface area contributed by atoms with Gasteiger partial charge in [-0.1, -0.05) is 91.7 Å². The van der Waals surface area contributed by atoms with Crippen molar-refractivity contribution in [2.24, 2.45) is 5.92 Å². The highest BCUT2D eigenvalue weighted by Gasteiger charge is 2.44. The molecule has 1 aliphatic carbocycles. The Labute approximate surface area is 326 Å². The highest BCUT2D eigenvalue weighted by molar-refractivity contribution is 7.89. The van der Waals surface area contributed by atoms with Gasteiger partial charge in [0.2, 0.25) is 15.9 Å². The number of hydrogen-bond donors (Lipinski definition) is 3. The first-order chi connectivity index (χ1) is 26.5. The van der Waals surface area contributed by atoms with Gasteiger partial charge < -0.3 is 19.9 Å². The average molecular weight is 766 g/mol. The minimum atomic E-state index is -3.65. The van der Waals surface area contributed by atoms with Crippen LogP contribution in [0, 0.1) is 5.92 Å². The number of aliphatic hydroxyl groups excluding tert-OH is 1. The van der Waals surface area contributed by atoms with Gasteiger partial charge in [-0.25, -0.2) is 13.1 Å². The molecule has 1 amide bonds. The molecular weight excluding hydrogens is 711 g/mol. The number of piperidine rings is 1. The number of likely N-dealkylation sites (tertiary alicyclic amines) is 1. The number of carbonyl (C=O) groups is 1. The lowest BCUT2D eigenvalue weighted by molar-refractivity contribution is -0.255. The van der Waals surface area contributed by atoms with E-state index < -0.39 is 16.3 Å². The predicted octanol–water partition coefficient (Wildman–Crippen LogP) is 7.81. The van der Waals surface area contributed by atoms with Crippen LogP contribution in [0.3, 0.4) is 0 Å². The molecule has 3 aliphatic rings. The number of hydrogen-bond acceptors (Lipinski definition) is 7. The van der Waals surface area contributed by atoms with E-state index in [4.69, 9.17) is 9.47 Å². The van der Waals surface area contributed by atoms with Crippen molar-refractivity contribution in [1.82, 2.24) is 14.9 Å². The van der Waals surface area contributed by atoms with Crippen molar-refractivity contribution in [1.29, 1.82) is 0 Å². The number of aliphatic hydroxyl groups is 1. The molecular formula is C45H55N3O6S. The number of fused-ring (bicyclic) bond motifs is 1. The molecule has 0 spiro atoms. The first-order valence-electron chi connectivity index (χ1n) is 19.8. The zero-order valence-electron chi connectivity index (χ0n) is 32.2. The third kappa shape index (κ3) is 9.74. The molecule has 292 valence electrons. The van der Waals surface area contributed by atoms with Crippen LogP contribution < -0.4 is 10.0 Å². The molecule has 4 aromatic carbocycles. The summed E-state index contributed by atoms with van der Waals surface area (Å²) in [7, 11) is -3.65. The first-order valence-corrected chi connectivity index (χ1v) is 21.3. The van der Waals surface area contributed by atoms with Crippen molar-refractivity contribution in [3.63, 3.8) is 0 Å². The van der Waals surface area contributed by atoms with Crippen molar-refractivity contribution in [3.8, 4) is 11.1 Å². The molecule has 2 aliphatic heterocycles. The molecule has 1 saturated carbocycles. The molecule has 2 heterocycles. The Balaban J connectivity index is 1.15. The summed E-state index contributed by atoms with van der Waals surface area (Å²) in [5.74, 6) is 0.685. The lowest BCUT2D eigenvalue weighted by atomic mass is 9.75. The highest BCUT2D eigenvalue weighted by atomic mass is 32.2. The lowest BCUT2D eigenvalue weighted by Crippen LogP contribution is -2.61. The Hall–Kier alpha value is -3.90. The van der Waals surface area contributed by atoms with Crippen LogP contribution in [-0.2, 0) is 37.4 Å². The van der Waals surface area contributed by atoms with E-state index in [1.165, 1.54) is 19.3 Å². The topological polar surface area (TPSA) is 117 Å². The normalized spacial score (nSPS) is 24.9. The summed E-state index contributed by atoms with van der Waals surface area (Å²) in [5.41, 5.74) is 5.18. The molecule has 10 heteroatoms. The van der Waals surface area contributed by atoms with Crippen LogP contribution >= 0.6 is 0 Å². The number of ether oxygens (including phenoxy) is 2. The van der Waals surface area contributed by atoms with Crippen LogP contribution in [0.5, 0.6) is 0 Å². The molecule has 4 aromatic rings. The summed E-state index contributed by atoms with van der Waals surface area (Å²) in [6.45, 7) is 6.89. The Kier molecular flexibility index (Phi) is 12.2. The molecule has 3 fully saturated rings. The van der Waals surface area contributed by atoms with Crippen LogP contribution in [0.1, 0.15) is 100 Å². The van der Waals surface area contributed by atoms with Crippen molar-refractivity contribution < 1.29 is 27.8 Å². The van der Waals surface area contributed by atoms with E-state index in [1.807, 2.05) is 87.5 Å². The van der Waals surface area contributed by atoms with E-state index in [1.54, 1.807) is 30.3 Å². The molecule has 2 saturated heterocycles. The van der Waals surface area contributed by atoms with E-state index in [0.29, 0.717) is 24.9 Å². The number of amides is 1. The standard InChI is InChI=1S/C45H55N3O6S/c1-45(2,3)47-43(50)41-24-23-33-12-7-8-18-40(33)48(41)29-38-27-42(34-21-19-31(30-49)20-22-34)54-44(53-38)37-15-10-14-36(26-37)35-13-9-11-32(25-35)28-46-55(51,52)39-16-5-4-6-17-39/h4-6,9-11,13-17,19-22,25-26,33,38,40-42,44,46,49H,7-8,12,18,23-24,27-30H2,1-3H3,(H,47,50)/t33-,38+,40-,41-,42-,44-/m1/s1. The van der Waals surface area contributed by atoms with Crippen molar-refractivity contribution in [2.45, 2.75) is 120 Å². The molecule has 0 aromatic heterocycles. The fraction of sp³-hybridized carbons (Fsp3) is 0.444. The van der Waals surface area contributed by atoms with Crippen LogP contribution in [0.4, 0.5) is 0 Å². The second kappa shape index (κ2) is 17.1. The van der Waals surface area contributed by atoms with Crippen LogP contribution in [0.25, 0.3) is 11.1 Å². The van der Waals surface area contributed by atoms with E-state index in [2.05, 4.69) is 21.0 Å². The zero-order chi connectivity index (χ0) is 38.6. The maximum atomic E-state index is 13.9. The van der Waals surface area contributed by atoms with Gasteiger partial charge in [-0.3, -0.25) is 9.69 Å². The third-order valence-corrected chi connectivity index (χ3v) is 12.7. The molecule has 6 atom stereocenters. The first kappa shape index (κ1) is 39.3. The van der Waals surface area contributed by atoms with Gasteiger partial charge in [0.25, 0.3) is 0 Å². The van der Waals surface area contributed by atoms with E-state index in [0.717, 1.165) is 52.6 Å². The van der Waals surface area contributed by atoms with Crippen molar-refractivity contribution in [3.05, 3.63) is 125 Å². The molecule has 9 nitrogen and oxygen atoms in total. The largest absolute Gasteiger partial charge is 0.392 e. The number of benzene rings is 4. The molecule has 0 unspecified atom stereocenters. The van der Waals surface area contributed by atoms with E-state index >= 15 is 0 Å². The van der Waals surface area contributed by atoms with Crippen LogP contribution in [0.2, 0.25) is 0 Å². The van der Waals surface area contributed by atoms with Gasteiger partial charge in [-0.15, -0.1) is 0 Å². The van der Waals surface area contributed by atoms with E-state index in [9.17, 15) is 18.3 Å². The Bertz CT molecular complexity index is 2020. The smallest absolute Gasteiger partial charge is 0.240 e. The van der Waals surface area contributed by atoms with Gasteiger partial charge in [0.1, 0.15) is 0 Å². The number of carbonyl (C=O) groups excluding carboxylic acids is 1. The van der Waals surface area contributed by atoms with Gasteiger partial charge in [-0.05, 0) is 104 Å². The Morgan fingerprint density at radius 3 is 2.27 bits per heavy atom. The van der Waals surface area contributed by atoms with Crippen LogP contribution in [0.15, 0.2) is 108 Å². The maximum absolute atomic E-state index is 13.9. The van der Waals surface area contributed by atoms with Crippen molar-refractivity contribution >= 4 is 15.9 Å². The fourth-order valence-electron chi connectivity index (χ4n) is 8.58. The molecule has 0 radical (unpaired) electrons. The summed E-state index contributed by atoms with van der Waals surface area (Å²) in [4.78, 5) is 16.6. The fourth-order valence-corrected chi connectivity index (χ4v) is 9.62. The zero-order valence-corrected chi connectivity index (χ0v) is 33.0. The second-order valence-electron chi connectivity index (χ2n) is 16.5. The summed E-state index contributed by atoms with van der Waals surface area (Å²) in [5, 5.41) is 13.0. The minimum absolute atomic E-state index is 0.0252. The van der Waals surface area contributed by atoms with Crippen LogP contribution in [-0.4, -0.2) is 54.6 Å². The number of rotatable bonds is 11. The number of nitrogens with one attached hydrogen (secondary N) is 2. The monoisotopic (exact) mass is 765 g/mol. The third-order valence-electron chi connectivity index (χ3n) is 11.3. The summed E-state index contributed by atoms with van der Waals surface area (Å²) < 4.78 is 42.2. The quantitative estimate of drug-likeness (QED) is 0.143. The lowest BCUT2D eigenvalue weighted by Gasteiger charge is -2.50. The minimum Gasteiger partial charge on any atom is -0.392 e. The summed E-state index contributed by atoms with van der Waals surface area (Å²) in [6.07, 6.45) is 6.17. The number of sulfonamides is 1. The molecule has 0 bridgehead atoms. The SMILES string of the molecule is CC(C)(C)NC(=O)[C@H]1CC[C@H]2CCCC[C@H]2N1C[C@@H]1C[C@H](c2ccc(CO)cc2)O[C@H](c2cccc(-c3cccc(CNS(=O)(=O)c4ccccc4)c3)c2)O1. The average Bonchev–Trinajstić information content (AvgIpc) is 3.20. The molecule has 7 rings (SSSR count). The summed E-state index contributed by atoms with van der Waals surface area (Å²) >= 11 is 0. The second-order valence-corrected chi connectivity index (χ2v) is 18.2. The van der Waals surface area contributed by atoms with Gasteiger partial charge in [0, 0.05) is 36.7 Å². The Morgan fingerprint density at radius 2 is 1.53 bits per heavy atom. The van der Waals surface area contributed by atoms with Gasteiger partial charge in [0.05, 0.1) is 29.8 Å².